The molecule has 6 heteroatoms. The molecule has 0 saturated carbocycles. The number of aromatic nitrogens is 2. The van der Waals surface area contributed by atoms with Crippen molar-refractivity contribution in [3.05, 3.63) is 34.8 Å². The van der Waals surface area contributed by atoms with Gasteiger partial charge in [0.15, 0.2) is 5.82 Å². The Hall–Kier alpha value is -1.56. The molecule has 0 bridgehead atoms. The van der Waals surface area contributed by atoms with Crippen molar-refractivity contribution in [3.8, 4) is 11.3 Å². The van der Waals surface area contributed by atoms with Crippen LogP contribution < -0.4 is 11.6 Å². The van der Waals surface area contributed by atoms with Gasteiger partial charge in [-0.25, -0.2) is 14.1 Å². The summed E-state index contributed by atoms with van der Waals surface area (Å²) in [6, 6.07) is 4.30. The van der Waals surface area contributed by atoms with Crippen LogP contribution in [0, 0.1) is 5.82 Å². The summed E-state index contributed by atoms with van der Waals surface area (Å²) in [4.78, 5) is 4.00. The molecule has 1 heterocycles. The van der Waals surface area contributed by atoms with Crippen molar-refractivity contribution in [3.63, 3.8) is 0 Å². The maximum absolute atomic E-state index is 13.0. The topological polar surface area (TPSA) is 69.9 Å². The summed E-state index contributed by atoms with van der Waals surface area (Å²) in [6.45, 7) is 0. The predicted molar refractivity (Wildman–Crippen MR) is 59.9 cm³/mol. The number of halogens is 2. The molecule has 78 valence electrons. The summed E-state index contributed by atoms with van der Waals surface area (Å²) >= 11 is 3.30. The van der Waals surface area contributed by atoms with Crippen LogP contribution >= 0.6 is 15.9 Å². The quantitative estimate of drug-likeness (QED) is 0.776. The Balaban J connectivity index is 2.63. The molecule has 2 rings (SSSR count). The molecule has 0 saturated heterocycles. The second-order valence-electron chi connectivity index (χ2n) is 3.01. The molecule has 0 aliphatic rings. The van der Waals surface area contributed by atoms with Crippen molar-refractivity contribution in [1.82, 2.24) is 9.66 Å². The second kappa shape index (κ2) is 3.54. The van der Waals surface area contributed by atoms with E-state index in [1.807, 2.05) is 0 Å². The van der Waals surface area contributed by atoms with Gasteiger partial charge in [0.1, 0.15) is 17.8 Å². The highest BCUT2D eigenvalue weighted by atomic mass is 79.9. The highest BCUT2D eigenvalue weighted by Gasteiger charge is 2.12. The fourth-order valence-corrected chi connectivity index (χ4v) is 1.69. The molecular weight excluding hydrogens is 263 g/mol. The lowest BCUT2D eigenvalue weighted by atomic mass is 10.1. The number of nitrogens with two attached hydrogens (primary N) is 2. The van der Waals surface area contributed by atoms with Crippen molar-refractivity contribution in [1.29, 1.82) is 0 Å². The summed E-state index contributed by atoms with van der Waals surface area (Å²) < 4.78 is 14.9. The minimum absolute atomic E-state index is 0.293. The molecule has 2 aromatic rings. The van der Waals surface area contributed by atoms with Gasteiger partial charge in [-0.2, -0.15) is 0 Å². The largest absolute Gasteiger partial charge is 0.382 e. The van der Waals surface area contributed by atoms with E-state index in [4.69, 9.17) is 11.6 Å². The second-order valence-corrected chi connectivity index (χ2v) is 3.86. The Morgan fingerprint density at radius 1 is 1.40 bits per heavy atom. The maximum atomic E-state index is 13.0. The van der Waals surface area contributed by atoms with Crippen LogP contribution in [-0.2, 0) is 0 Å². The van der Waals surface area contributed by atoms with E-state index in [0.29, 0.717) is 21.5 Å². The molecule has 4 N–H and O–H groups in total. The summed E-state index contributed by atoms with van der Waals surface area (Å²) in [5, 5.41) is 0. The molecule has 4 nitrogen and oxygen atoms in total. The van der Waals surface area contributed by atoms with Crippen LogP contribution in [0.5, 0.6) is 0 Å². The van der Waals surface area contributed by atoms with Gasteiger partial charge in [-0.05, 0) is 18.2 Å². The predicted octanol–water partition coefficient (Wildman–Crippen LogP) is 1.75. The van der Waals surface area contributed by atoms with Crippen LogP contribution in [0.4, 0.5) is 10.2 Å². The first-order valence-electron chi connectivity index (χ1n) is 4.13. The lowest BCUT2D eigenvalue weighted by Gasteiger charge is -2.03. The third kappa shape index (κ3) is 1.68. The molecule has 0 fully saturated rings. The Morgan fingerprint density at radius 2 is 2.13 bits per heavy atom. The normalized spacial score (nSPS) is 10.5. The zero-order valence-corrected chi connectivity index (χ0v) is 9.20. The highest BCUT2D eigenvalue weighted by molar-refractivity contribution is 9.10. The average molecular weight is 271 g/mol. The number of anilines is 1. The van der Waals surface area contributed by atoms with Crippen molar-refractivity contribution in [2.75, 3.05) is 11.6 Å². The van der Waals surface area contributed by atoms with E-state index in [0.717, 1.165) is 0 Å². The van der Waals surface area contributed by atoms with Gasteiger partial charge in [-0.1, -0.05) is 15.9 Å². The third-order valence-corrected chi connectivity index (χ3v) is 2.71. The first kappa shape index (κ1) is 9.97. The zero-order valence-electron chi connectivity index (χ0n) is 7.61. The Labute approximate surface area is 93.8 Å². The SMILES string of the molecule is Nc1c(-c2cc(F)ccc2Br)ncn1N. The van der Waals surface area contributed by atoms with Gasteiger partial charge >= 0.3 is 0 Å². The number of hydrogen-bond acceptors (Lipinski definition) is 3. The summed E-state index contributed by atoms with van der Waals surface area (Å²) in [7, 11) is 0. The number of nitrogens with zero attached hydrogens (tertiary/aromatic N) is 2. The Bertz CT molecular complexity index is 509. The number of hydrogen-bond donors (Lipinski definition) is 2. The van der Waals surface area contributed by atoms with Gasteiger partial charge in [0, 0.05) is 10.0 Å². The van der Waals surface area contributed by atoms with E-state index in [9.17, 15) is 4.39 Å². The average Bonchev–Trinajstić information content (AvgIpc) is 2.52. The van der Waals surface area contributed by atoms with Gasteiger partial charge < -0.3 is 11.6 Å². The van der Waals surface area contributed by atoms with Gasteiger partial charge in [0.2, 0.25) is 0 Å². The molecule has 1 aromatic carbocycles. The van der Waals surface area contributed by atoms with Gasteiger partial charge in [0.25, 0.3) is 0 Å². The van der Waals surface area contributed by atoms with Gasteiger partial charge in [0.05, 0.1) is 0 Å². The lowest BCUT2D eigenvalue weighted by molar-refractivity contribution is 0.628. The lowest BCUT2D eigenvalue weighted by Crippen LogP contribution is -2.10. The van der Waals surface area contributed by atoms with E-state index in [2.05, 4.69) is 20.9 Å². The molecule has 0 aliphatic heterocycles. The highest BCUT2D eigenvalue weighted by Crippen LogP contribution is 2.30. The monoisotopic (exact) mass is 270 g/mol. The molecule has 0 amide bonds. The minimum Gasteiger partial charge on any atom is -0.382 e. The summed E-state index contributed by atoms with van der Waals surface area (Å²) in [6.07, 6.45) is 1.38. The molecule has 0 aliphatic carbocycles. The number of rotatable bonds is 1. The maximum Gasteiger partial charge on any atom is 0.150 e. The first-order chi connectivity index (χ1) is 7.09. The Morgan fingerprint density at radius 3 is 2.73 bits per heavy atom. The zero-order chi connectivity index (χ0) is 11.0. The summed E-state index contributed by atoms with van der Waals surface area (Å²) in [5.74, 6) is 5.43. The standard InChI is InChI=1S/C9H8BrFN4/c10-7-2-1-5(11)3-6(7)8-9(12)15(13)4-14-8/h1-4H,12-13H2. The molecule has 0 atom stereocenters. The number of nitrogen functional groups attached to an aromatic ring is 2. The van der Waals surface area contributed by atoms with Crippen molar-refractivity contribution in [2.45, 2.75) is 0 Å². The smallest absolute Gasteiger partial charge is 0.150 e. The van der Waals surface area contributed by atoms with Crippen molar-refractivity contribution >= 4 is 21.7 Å². The minimum atomic E-state index is -0.348. The molecule has 1 aromatic heterocycles. The fraction of sp³-hybridized carbons (Fsp3) is 0. The number of benzene rings is 1. The van der Waals surface area contributed by atoms with E-state index < -0.39 is 0 Å². The van der Waals surface area contributed by atoms with Gasteiger partial charge in [-0.3, -0.25) is 0 Å². The first-order valence-corrected chi connectivity index (χ1v) is 4.92. The van der Waals surface area contributed by atoms with E-state index in [-0.39, 0.29) is 5.82 Å². The van der Waals surface area contributed by atoms with E-state index in [1.54, 1.807) is 6.07 Å². The molecule has 15 heavy (non-hydrogen) atoms. The van der Waals surface area contributed by atoms with Crippen LogP contribution in [-0.4, -0.2) is 9.66 Å². The van der Waals surface area contributed by atoms with Crippen LogP contribution in [0.15, 0.2) is 29.0 Å². The van der Waals surface area contributed by atoms with Crippen molar-refractivity contribution < 1.29 is 4.39 Å². The van der Waals surface area contributed by atoms with Crippen LogP contribution in [0.25, 0.3) is 11.3 Å². The third-order valence-electron chi connectivity index (χ3n) is 2.02. The Kier molecular flexibility index (Phi) is 2.36. The number of imidazole rings is 1. The van der Waals surface area contributed by atoms with Crippen LogP contribution in [0.1, 0.15) is 0 Å². The molecule has 0 radical (unpaired) electrons. The fourth-order valence-electron chi connectivity index (χ4n) is 1.26. The molecule has 0 spiro atoms. The molecule has 0 unspecified atom stereocenters. The van der Waals surface area contributed by atoms with E-state index in [1.165, 1.54) is 23.1 Å². The van der Waals surface area contributed by atoms with Gasteiger partial charge in [-0.15, -0.1) is 0 Å². The van der Waals surface area contributed by atoms with Crippen LogP contribution in [0.2, 0.25) is 0 Å². The summed E-state index contributed by atoms with van der Waals surface area (Å²) in [5.41, 5.74) is 6.73. The van der Waals surface area contributed by atoms with Crippen LogP contribution in [0.3, 0.4) is 0 Å². The van der Waals surface area contributed by atoms with Crippen molar-refractivity contribution in [2.24, 2.45) is 0 Å². The van der Waals surface area contributed by atoms with E-state index >= 15 is 0 Å². The molecular formula is C9H8BrFN4.